The van der Waals surface area contributed by atoms with Crippen molar-refractivity contribution in [3.8, 4) is 0 Å². The maximum Gasteiger partial charge on any atom is 0.0742 e. The second-order valence-corrected chi connectivity index (χ2v) is 12.7. The van der Waals surface area contributed by atoms with Crippen LogP contribution in [0.1, 0.15) is 64.2 Å². The highest BCUT2D eigenvalue weighted by molar-refractivity contribution is 8.22. The maximum absolute atomic E-state index is 10.4. The van der Waals surface area contributed by atoms with Crippen LogP contribution in [0, 0.1) is 11.8 Å². The highest BCUT2D eigenvalue weighted by Gasteiger charge is 2.33. The first-order valence-electron chi connectivity index (χ1n) is 8.61. The van der Waals surface area contributed by atoms with Crippen molar-refractivity contribution < 1.29 is 10.2 Å². The number of aliphatic hydroxyl groups excluding tert-OH is 2. The number of rotatable bonds is 0. The van der Waals surface area contributed by atoms with Gasteiger partial charge >= 0.3 is 0 Å². The first-order valence-corrected chi connectivity index (χ1v) is 12.1. The topological polar surface area (TPSA) is 40.5 Å². The Balaban J connectivity index is 1.64. The highest BCUT2D eigenvalue weighted by atomic mass is 32.0. The minimum atomic E-state index is -0.0502. The fourth-order valence-electron chi connectivity index (χ4n) is 4.59. The van der Waals surface area contributed by atoms with Crippen molar-refractivity contribution in [3.63, 3.8) is 0 Å². The van der Waals surface area contributed by atoms with Crippen LogP contribution >= 0.6 is 15.9 Å². The van der Waals surface area contributed by atoms with Crippen molar-refractivity contribution in [1.29, 1.82) is 0 Å². The van der Waals surface area contributed by atoms with Gasteiger partial charge < -0.3 is 10.2 Å². The van der Waals surface area contributed by atoms with Crippen LogP contribution in [0.25, 0.3) is 0 Å². The van der Waals surface area contributed by atoms with Crippen LogP contribution < -0.4 is 0 Å². The Kier molecular flexibility index (Phi) is 5.77. The number of aliphatic hydroxyl groups is 2. The smallest absolute Gasteiger partial charge is 0.0742 e. The summed E-state index contributed by atoms with van der Waals surface area (Å²) < 4.78 is 0. The van der Waals surface area contributed by atoms with Gasteiger partial charge in [-0.25, -0.2) is 0 Å². The fraction of sp³-hybridized carbons (Fsp3) is 1.00. The van der Waals surface area contributed by atoms with Crippen molar-refractivity contribution in [1.82, 2.24) is 0 Å². The first kappa shape index (κ1) is 15.7. The first-order chi connectivity index (χ1) is 9.72. The Labute approximate surface area is 126 Å². The normalized spacial score (nSPS) is 48.3. The Hall–Kier alpha value is 0.780. The Morgan fingerprint density at radius 1 is 0.800 bits per heavy atom. The van der Waals surface area contributed by atoms with E-state index in [0.29, 0.717) is 0 Å². The lowest BCUT2D eigenvalue weighted by Gasteiger charge is -2.28. The minimum absolute atomic E-state index is 0.00712. The zero-order chi connectivity index (χ0) is 13.9. The molecule has 1 aliphatic carbocycles. The van der Waals surface area contributed by atoms with Gasteiger partial charge in [0.1, 0.15) is 0 Å². The summed E-state index contributed by atoms with van der Waals surface area (Å²) in [6.45, 7) is 0. The number of hydrogen-bond acceptors (Lipinski definition) is 2. The SMILES string of the molecule is OC1CCC2CCCP2PC(O)CCC2CCCC2C1. The molecule has 7 unspecified atom stereocenters. The van der Waals surface area contributed by atoms with E-state index in [4.69, 9.17) is 0 Å². The summed E-state index contributed by atoms with van der Waals surface area (Å²) in [5.41, 5.74) is 0.853. The molecule has 3 aliphatic rings. The zero-order valence-corrected chi connectivity index (χ0v) is 14.4. The van der Waals surface area contributed by atoms with Gasteiger partial charge in [-0.2, -0.15) is 0 Å². The largest absolute Gasteiger partial charge is 0.393 e. The van der Waals surface area contributed by atoms with E-state index in [2.05, 4.69) is 0 Å². The summed E-state index contributed by atoms with van der Waals surface area (Å²) >= 11 is 0. The van der Waals surface area contributed by atoms with Crippen LogP contribution in [0.5, 0.6) is 0 Å². The molecule has 0 bridgehead atoms. The van der Waals surface area contributed by atoms with Crippen molar-refractivity contribution in [3.05, 3.63) is 0 Å². The monoisotopic (exact) mass is 316 g/mol. The summed E-state index contributed by atoms with van der Waals surface area (Å²) in [6.07, 6.45) is 13.6. The molecule has 0 aromatic heterocycles. The molecule has 116 valence electrons. The quantitative estimate of drug-likeness (QED) is 0.655. The second-order valence-electron chi connectivity index (χ2n) is 7.13. The summed E-state index contributed by atoms with van der Waals surface area (Å²) in [4.78, 5) is 0. The molecule has 2 N–H and O–H groups in total. The average molecular weight is 316 g/mol. The van der Waals surface area contributed by atoms with Crippen molar-refractivity contribution in [2.24, 2.45) is 11.8 Å². The predicted molar refractivity (Wildman–Crippen MR) is 89.1 cm³/mol. The van der Waals surface area contributed by atoms with Crippen LogP contribution in [0.3, 0.4) is 0 Å². The molecule has 1 saturated carbocycles. The third-order valence-corrected chi connectivity index (χ3v) is 12.5. The third-order valence-electron chi connectivity index (χ3n) is 5.73. The third kappa shape index (κ3) is 3.95. The highest BCUT2D eigenvalue weighted by Crippen LogP contribution is 2.67. The Morgan fingerprint density at radius 2 is 1.65 bits per heavy atom. The van der Waals surface area contributed by atoms with E-state index in [1.54, 1.807) is 0 Å². The molecule has 7 atom stereocenters. The lowest BCUT2D eigenvalue weighted by atomic mass is 9.86. The van der Waals surface area contributed by atoms with Gasteiger partial charge in [-0.05, 0) is 68.6 Å². The molecule has 2 aliphatic heterocycles. The summed E-state index contributed by atoms with van der Waals surface area (Å²) in [7, 11) is 0.901. The summed E-state index contributed by atoms with van der Waals surface area (Å²) in [6, 6.07) is 0. The molecule has 2 nitrogen and oxygen atoms in total. The van der Waals surface area contributed by atoms with E-state index in [0.717, 1.165) is 45.0 Å². The van der Waals surface area contributed by atoms with E-state index in [1.807, 2.05) is 0 Å². The lowest BCUT2D eigenvalue weighted by Crippen LogP contribution is -2.20. The molecule has 4 heteroatoms. The maximum atomic E-state index is 10.4. The van der Waals surface area contributed by atoms with Gasteiger partial charge in [0.15, 0.2) is 0 Å². The summed E-state index contributed by atoms with van der Waals surface area (Å²) in [5.74, 6) is 1.52. The van der Waals surface area contributed by atoms with Gasteiger partial charge in [0.2, 0.25) is 0 Å². The van der Waals surface area contributed by atoms with Crippen molar-refractivity contribution >= 4 is 15.9 Å². The summed E-state index contributed by atoms with van der Waals surface area (Å²) in [5, 5.41) is 20.8. The van der Waals surface area contributed by atoms with Gasteiger partial charge in [0.05, 0.1) is 11.9 Å². The van der Waals surface area contributed by atoms with Crippen LogP contribution in [-0.2, 0) is 0 Å². The van der Waals surface area contributed by atoms with Crippen LogP contribution in [-0.4, -0.2) is 34.0 Å². The molecule has 2 heterocycles. The molecular formula is C16H30O2P2. The van der Waals surface area contributed by atoms with E-state index in [9.17, 15) is 10.2 Å². The number of hydrogen-bond donors (Lipinski definition) is 2. The molecule has 2 saturated heterocycles. The van der Waals surface area contributed by atoms with Gasteiger partial charge in [-0.3, -0.25) is 0 Å². The van der Waals surface area contributed by atoms with Crippen LogP contribution in [0.4, 0.5) is 0 Å². The second kappa shape index (κ2) is 7.36. The standard InChI is InChI=1S/C16H30O2P2/c17-14-7-8-15-5-2-10-20(15)19-16(18)9-6-12-3-1-4-13(12)11-14/h12-19H,1-11H2. The number of fused-ring (bicyclic) bond motifs is 2. The van der Waals surface area contributed by atoms with E-state index >= 15 is 0 Å². The molecule has 0 amide bonds. The van der Waals surface area contributed by atoms with Crippen molar-refractivity contribution in [2.75, 3.05) is 6.16 Å². The molecule has 0 aromatic rings. The van der Waals surface area contributed by atoms with Gasteiger partial charge in [0.25, 0.3) is 0 Å². The van der Waals surface area contributed by atoms with Gasteiger partial charge in [-0.1, -0.05) is 35.1 Å². The molecule has 20 heavy (non-hydrogen) atoms. The Bertz CT molecular complexity index is 283. The van der Waals surface area contributed by atoms with Crippen LogP contribution in [0.2, 0.25) is 0 Å². The molecule has 0 aromatic carbocycles. The van der Waals surface area contributed by atoms with Gasteiger partial charge in [-0.15, -0.1) is 0 Å². The molecule has 3 fully saturated rings. The fourth-order valence-corrected chi connectivity index (χ4v) is 11.3. The minimum Gasteiger partial charge on any atom is -0.393 e. The van der Waals surface area contributed by atoms with E-state index in [1.165, 1.54) is 51.1 Å². The molecular weight excluding hydrogens is 286 g/mol. The molecule has 0 radical (unpaired) electrons. The van der Waals surface area contributed by atoms with E-state index in [-0.39, 0.29) is 19.6 Å². The lowest BCUT2D eigenvalue weighted by molar-refractivity contribution is 0.116. The predicted octanol–water partition coefficient (Wildman–Crippen LogP) is 4.28. The van der Waals surface area contributed by atoms with Crippen molar-refractivity contribution in [2.45, 2.75) is 81.8 Å². The molecule has 0 spiro atoms. The van der Waals surface area contributed by atoms with Gasteiger partial charge in [0, 0.05) is 0 Å². The van der Waals surface area contributed by atoms with E-state index < -0.39 is 0 Å². The Morgan fingerprint density at radius 3 is 2.55 bits per heavy atom. The van der Waals surface area contributed by atoms with Crippen LogP contribution in [0.15, 0.2) is 0 Å². The average Bonchev–Trinajstić information content (AvgIpc) is 3.02. The molecule has 3 rings (SSSR count). The zero-order valence-electron chi connectivity index (χ0n) is 12.5.